The normalized spacial score (nSPS) is 14.1. The van der Waals surface area contributed by atoms with Gasteiger partial charge in [-0.05, 0) is 32.2 Å². The molecule has 0 bridgehead atoms. The van der Waals surface area contributed by atoms with E-state index in [1.165, 1.54) is 6.42 Å². The molecule has 1 nitrogen and oxygen atoms in total. The lowest BCUT2D eigenvalue weighted by Gasteiger charge is -2.25. The van der Waals surface area contributed by atoms with E-state index in [1.807, 2.05) is 0 Å². The summed E-state index contributed by atoms with van der Waals surface area (Å²) in [5.74, 6) is 0.998. The SMILES string of the molecule is CCN(CC)C(C)CCS. The van der Waals surface area contributed by atoms with Crippen molar-refractivity contribution in [2.24, 2.45) is 0 Å². The second-order valence-corrected chi connectivity index (χ2v) is 3.03. The van der Waals surface area contributed by atoms with Gasteiger partial charge in [0.2, 0.25) is 0 Å². The maximum atomic E-state index is 4.21. The Morgan fingerprint density at radius 2 is 1.80 bits per heavy atom. The van der Waals surface area contributed by atoms with Crippen LogP contribution in [0.3, 0.4) is 0 Å². The van der Waals surface area contributed by atoms with Crippen molar-refractivity contribution in [1.29, 1.82) is 0 Å². The zero-order valence-corrected chi connectivity index (χ0v) is 8.19. The fourth-order valence-corrected chi connectivity index (χ4v) is 1.59. The molecular weight excluding hydrogens is 142 g/mol. The molecule has 0 spiro atoms. The van der Waals surface area contributed by atoms with E-state index in [-0.39, 0.29) is 0 Å². The van der Waals surface area contributed by atoms with Crippen molar-refractivity contribution in [3.63, 3.8) is 0 Å². The Balaban J connectivity index is 3.53. The van der Waals surface area contributed by atoms with Crippen LogP contribution in [0.25, 0.3) is 0 Å². The van der Waals surface area contributed by atoms with Gasteiger partial charge in [0, 0.05) is 6.04 Å². The highest BCUT2D eigenvalue weighted by atomic mass is 32.1. The summed E-state index contributed by atoms with van der Waals surface area (Å²) in [5.41, 5.74) is 0. The Kier molecular flexibility index (Phi) is 6.24. The molecule has 0 saturated heterocycles. The molecule has 1 unspecified atom stereocenters. The molecule has 0 rings (SSSR count). The van der Waals surface area contributed by atoms with E-state index in [9.17, 15) is 0 Å². The lowest BCUT2D eigenvalue weighted by molar-refractivity contribution is 0.227. The standard InChI is InChI=1S/C8H19NS/c1-4-9(5-2)8(3)6-7-10/h8,10H,4-7H2,1-3H3. The van der Waals surface area contributed by atoms with Gasteiger partial charge in [-0.2, -0.15) is 12.6 Å². The zero-order chi connectivity index (χ0) is 7.98. The zero-order valence-electron chi connectivity index (χ0n) is 7.30. The van der Waals surface area contributed by atoms with E-state index in [4.69, 9.17) is 0 Å². The molecule has 0 aliphatic heterocycles. The van der Waals surface area contributed by atoms with Crippen LogP contribution in [0, 0.1) is 0 Å². The summed E-state index contributed by atoms with van der Waals surface area (Å²) in [6.45, 7) is 9.00. The molecule has 0 saturated carbocycles. The third kappa shape index (κ3) is 3.47. The third-order valence-electron chi connectivity index (χ3n) is 1.98. The Hall–Kier alpha value is 0.310. The number of thiol groups is 1. The van der Waals surface area contributed by atoms with Gasteiger partial charge in [0.25, 0.3) is 0 Å². The molecule has 0 fully saturated rings. The van der Waals surface area contributed by atoms with Gasteiger partial charge in [-0.25, -0.2) is 0 Å². The molecule has 0 amide bonds. The van der Waals surface area contributed by atoms with Gasteiger partial charge in [0.15, 0.2) is 0 Å². The van der Waals surface area contributed by atoms with Crippen molar-refractivity contribution >= 4 is 12.6 Å². The number of hydrogen-bond acceptors (Lipinski definition) is 2. The van der Waals surface area contributed by atoms with Crippen LogP contribution in [0.2, 0.25) is 0 Å². The largest absolute Gasteiger partial charge is 0.301 e. The minimum absolute atomic E-state index is 0.701. The third-order valence-corrected chi connectivity index (χ3v) is 2.24. The van der Waals surface area contributed by atoms with Crippen LogP contribution in [0.5, 0.6) is 0 Å². The monoisotopic (exact) mass is 161 g/mol. The van der Waals surface area contributed by atoms with Crippen LogP contribution in [-0.4, -0.2) is 29.8 Å². The number of hydrogen-bond donors (Lipinski definition) is 1. The first-order valence-electron chi connectivity index (χ1n) is 4.11. The summed E-state index contributed by atoms with van der Waals surface area (Å²) >= 11 is 4.21. The van der Waals surface area contributed by atoms with Gasteiger partial charge < -0.3 is 4.90 Å². The molecule has 0 heterocycles. The van der Waals surface area contributed by atoms with Crippen molar-refractivity contribution < 1.29 is 0 Å². The molecular formula is C8H19NS. The summed E-state index contributed by atoms with van der Waals surface area (Å²) in [6.07, 6.45) is 1.20. The number of nitrogens with zero attached hydrogens (tertiary/aromatic N) is 1. The fourth-order valence-electron chi connectivity index (χ4n) is 1.22. The molecule has 10 heavy (non-hydrogen) atoms. The minimum atomic E-state index is 0.701. The molecule has 0 aromatic rings. The van der Waals surface area contributed by atoms with Gasteiger partial charge in [0.1, 0.15) is 0 Å². The summed E-state index contributed by atoms with van der Waals surface area (Å²) < 4.78 is 0. The van der Waals surface area contributed by atoms with Crippen LogP contribution < -0.4 is 0 Å². The van der Waals surface area contributed by atoms with Gasteiger partial charge in [-0.3, -0.25) is 0 Å². The summed E-state index contributed by atoms with van der Waals surface area (Å²) in [4.78, 5) is 2.45. The van der Waals surface area contributed by atoms with Crippen LogP contribution in [0.1, 0.15) is 27.2 Å². The molecule has 0 aliphatic rings. The molecule has 2 heteroatoms. The first-order valence-corrected chi connectivity index (χ1v) is 4.74. The van der Waals surface area contributed by atoms with E-state index in [1.54, 1.807) is 0 Å². The van der Waals surface area contributed by atoms with E-state index in [0.717, 1.165) is 18.8 Å². The van der Waals surface area contributed by atoms with Crippen LogP contribution >= 0.6 is 12.6 Å². The molecule has 62 valence electrons. The second kappa shape index (κ2) is 6.05. The van der Waals surface area contributed by atoms with Gasteiger partial charge in [-0.15, -0.1) is 0 Å². The van der Waals surface area contributed by atoms with Crippen molar-refractivity contribution in [1.82, 2.24) is 4.90 Å². The Labute approximate surface area is 70.2 Å². The summed E-state index contributed by atoms with van der Waals surface area (Å²) in [5, 5.41) is 0. The highest BCUT2D eigenvalue weighted by Crippen LogP contribution is 2.03. The smallest absolute Gasteiger partial charge is 0.00744 e. The Morgan fingerprint density at radius 3 is 2.10 bits per heavy atom. The number of rotatable bonds is 5. The van der Waals surface area contributed by atoms with Crippen LogP contribution in [-0.2, 0) is 0 Å². The van der Waals surface area contributed by atoms with Gasteiger partial charge >= 0.3 is 0 Å². The summed E-state index contributed by atoms with van der Waals surface area (Å²) in [7, 11) is 0. The van der Waals surface area contributed by atoms with E-state index >= 15 is 0 Å². The molecule has 0 N–H and O–H groups in total. The lowest BCUT2D eigenvalue weighted by Crippen LogP contribution is -2.32. The van der Waals surface area contributed by atoms with Crippen LogP contribution in [0.4, 0.5) is 0 Å². The summed E-state index contributed by atoms with van der Waals surface area (Å²) in [6, 6.07) is 0.701. The van der Waals surface area contributed by atoms with Crippen LogP contribution in [0.15, 0.2) is 0 Å². The van der Waals surface area contributed by atoms with Gasteiger partial charge in [-0.1, -0.05) is 13.8 Å². The second-order valence-electron chi connectivity index (χ2n) is 2.58. The van der Waals surface area contributed by atoms with Crippen molar-refractivity contribution in [2.45, 2.75) is 33.2 Å². The maximum Gasteiger partial charge on any atom is 0.00744 e. The average molecular weight is 161 g/mol. The predicted octanol–water partition coefficient (Wildman–Crippen LogP) is 2.04. The van der Waals surface area contributed by atoms with E-state index < -0.39 is 0 Å². The molecule has 0 aromatic carbocycles. The van der Waals surface area contributed by atoms with Crippen molar-refractivity contribution in [3.8, 4) is 0 Å². The quantitative estimate of drug-likeness (QED) is 0.604. The van der Waals surface area contributed by atoms with E-state index in [2.05, 4.69) is 38.3 Å². The van der Waals surface area contributed by atoms with Gasteiger partial charge in [0.05, 0.1) is 0 Å². The minimum Gasteiger partial charge on any atom is -0.301 e. The average Bonchev–Trinajstić information content (AvgIpc) is 1.91. The Bertz CT molecular complexity index is 71.7. The molecule has 0 aliphatic carbocycles. The fraction of sp³-hybridized carbons (Fsp3) is 1.00. The molecule has 0 radical (unpaired) electrons. The first kappa shape index (κ1) is 10.3. The molecule has 0 aromatic heterocycles. The molecule has 1 atom stereocenters. The topological polar surface area (TPSA) is 3.24 Å². The van der Waals surface area contributed by atoms with Crippen molar-refractivity contribution in [2.75, 3.05) is 18.8 Å². The highest BCUT2D eigenvalue weighted by molar-refractivity contribution is 7.80. The first-order chi connectivity index (χ1) is 4.76. The maximum absolute atomic E-state index is 4.21. The predicted molar refractivity (Wildman–Crippen MR) is 50.9 cm³/mol. The lowest BCUT2D eigenvalue weighted by atomic mass is 10.2. The highest BCUT2D eigenvalue weighted by Gasteiger charge is 2.07. The Morgan fingerprint density at radius 1 is 1.30 bits per heavy atom. The van der Waals surface area contributed by atoms with Crippen molar-refractivity contribution in [3.05, 3.63) is 0 Å². The van der Waals surface area contributed by atoms with E-state index in [0.29, 0.717) is 6.04 Å².